The molecule has 0 atom stereocenters. The average molecular weight is 409 g/mol. The number of amides is 1. The highest BCUT2D eigenvalue weighted by Crippen LogP contribution is 2.30. The fourth-order valence-electron chi connectivity index (χ4n) is 3.18. The number of carbonyl (C=O) groups is 1. The van der Waals surface area contributed by atoms with Gasteiger partial charge in [0.2, 0.25) is 5.91 Å². The average Bonchev–Trinajstić information content (AvgIpc) is 3.23. The number of morpholine rings is 1. The summed E-state index contributed by atoms with van der Waals surface area (Å²) in [6.45, 7) is 2.89. The minimum atomic E-state index is -0.228. The van der Waals surface area contributed by atoms with Crippen LogP contribution in [0.2, 0.25) is 5.02 Å². The van der Waals surface area contributed by atoms with Crippen LogP contribution >= 0.6 is 11.6 Å². The topological polar surface area (TPSA) is 59.4 Å². The van der Waals surface area contributed by atoms with Gasteiger partial charge in [0.1, 0.15) is 0 Å². The predicted molar refractivity (Wildman–Crippen MR) is 116 cm³/mol. The largest absolute Gasteiger partial charge is 0.378 e. The number of para-hydroxylation sites is 1. The Morgan fingerprint density at radius 3 is 2.72 bits per heavy atom. The van der Waals surface area contributed by atoms with Crippen LogP contribution in [0.4, 0.5) is 11.4 Å². The highest BCUT2D eigenvalue weighted by molar-refractivity contribution is 6.31. The first-order valence-electron chi connectivity index (χ1n) is 9.40. The second kappa shape index (κ2) is 8.94. The summed E-state index contributed by atoms with van der Waals surface area (Å²) in [5.74, 6) is -0.228. The number of carbonyl (C=O) groups excluding carboxylic acids is 1. The molecule has 0 radical (unpaired) electrons. The lowest BCUT2D eigenvalue weighted by molar-refractivity contribution is -0.111. The number of nitrogens with zero attached hydrogens (tertiary/aromatic N) is 3. The fraction of sp³-hybridized carbons (Fsp3) is 0.182. The van der Waals surface area contributed by atoms with Crippen molar-refractivity contribution in [2.45, 2.75) is 0 Å². The lowest BCUT2D eigenvalue weighted by atomic mass is 10.2. The second-order valence-electron chi connectivity index (χ2n) is 6.64. The molecule has 148 valence electrons. The molecular formula is C22H21ClN4O2. The van der Waals surface area contributed by atoms with Crippen LogP contribution in [0.15, 0.2) is 67.0 Å². The van der Waals surface area contributed by atoms with E-state index >= 15 is 0 Å². The molecule has 0 bridgehead atoms. The number of rotatable bonds is 5. The molecule has 7 heteroatoms. The number of benzene rings is 2. The molecule has 1 aromatic heterocycles. The van der Waals surface area contributed by atoms with Gasteiger partial charge in [0, 0.05) is 35.9 Å². The zero-order valence-electron chi connectivity index (χ0n) is 15.8. The summed E-state index contributed by atoms with van der Waals surface area (Å²) >= 11 is 6.15. The number of nitrogens with one attached hydrogen (secondary N) is 1. The van der Waals surface area contributed by atoms with Crippen molar-refractivity contribution in [3.8, 4) is 5.69 Å². The Bertz CT molecular complexity index is 1010. The number of halogens is 1. The van der Waals surface area contributed by atoms with E-state index in [1.165, 1.54) is 6.08 Å². The van der Waals surface area contributed by atoms with Gasteiger partial charge in [-0.25, -0.2) is 4.68 Å². The summed E-state index contributed by atoms with van der Waals surface area (Å²) in [5.41, 5.74) is 3.43. The van der Waals surface area contributed by atoms with Crippen molar-refractivity contribution in [3.05, 3.63) is 77.6 Å². The summed E-state index contributed by atoms with van der Waals surface area (Å²) in [7, 11) is 0. The van der Waals surface area contributed by atoms with Crippen LogP contribution in [-0.2, 0) is 9.53 Å². The summed E-state index contributed by atoms with van der Waals surface area (Å²) in [5, 5.41) is 7.85. The third-order valence-electron chi connectivity index (χ3n) is 4.62. The maximum absolute atomic E-state index is 12.5. The predicted octanol–water partition coefficient (Wildman–Crippen LogP) is 4.01. The first-order valence-corrected chi connectivity index (χ1v) is 9.78. The van der Waals surface area contributed by atoms with Gasteiger partial charge >= 0.3 is 0 Å². The molecule has 1 N–H and O–H groups in total. The quantitative estimate of drug-likeness (QED) is 0.648. The first kappa shape index (κ1) is 19.2. The number of ether oxygens (including phenoxy) is 1. The smallest absolute Gasteiger partial charge is 0.248 e. The van der Waals surface area contributed by atoms with E-state index in [1.54, 1.807) is 23.0 Å². The van der Waals surface area contributed by atoms with Gasteiger partial charge < -0.3 is 15.0 Å². The molecule has 0 aliphatic carbocycles. The van der Waals surface area contributed by atoms with E-state index in [1.807, 2.05) is 48.7 Å². The molecule has 0 saturated carbocycles. The molecule has 2 aromatic carbocycles. The number of hydrogen-bond acceptors (Lipinski definition) is 4. The minimum Gasteiger partial charge on any atom is -0.378 e. The van der Waals surface area contributed by atoms with Crippen molar-refractivity contribution >= 4 is 35.0 Å². The van der Waals surface area contributed by atoms with Crippen LogP contribution < -0.4 is 10.2 Å². The van der Waals surface area contributed by atoms with Crippen molar-refractivity contribution in [1.29, 1.82) is 0 Å². The van der Waals surface area contributed by atoms with Crippen LogP contribution in [-0.4, -0.2) is 42.0 Å². The number of aromatic nitrogens is 2. The molecule has 29 heavy (non-hydrogen) atoms. The van der Waals surface area contributed by atoms with Gasteiger partial charge in [0.15, 0.2) is 0 Å². The van der Waals surface area contributed by atoms with Crippen molar-refractivity contribution < 1.29 is 9.53 Å². The van der Waals surface area contributed by atoms with E-state index in [0.717, 1.165) is 30.0 Å². The van der Waals surface area contributed by atoms with Gasteiger partial charge in [-0.15, -0.1) is 0 Å². The Hall–Kier alpha value is -3.09. The standard InChI is InChI=1S/C22H21ClN4O2/c23-18-7-8-21(26-10-12-29-13-11-26)20(14-18)25-22(28)9-6-17-15-24-27(16-17)19-4-2-1-3-5-19/h1-9,14-16H,10-13H2,(H,25,28)/b9-6+. The van der Waals surface area contributed by atoms with Gasteiger partial charge in [-0.3, -0.25) is 4.79 Å². The van der Waals surface area contributed by atoms with E-state index in [0.29, 0.717) is 23.9 Å². The highest BCUT2D eigenvalue weighted by Gasteiger charge is 2.16. The molecule has 1 amide bonds. The first-order chi connectivity index (χ1) is 14.2. The van der Waals surface area contributed by atoms with Crippen molar-refractivity contribution in [3.63, 3.8) is 0 Å². The van der Waals surface area contributed by atoms with Crippen LogP contribution in [0.3, 0.4) is 0 Å². The van der Waals surface area contributed by atoms with Crippen LogP contribution in [0, 0.1) is 0 Å². The molecule has 1 saturated heterocycles. The molecule has 6 nitrogen and oxygen atoms in total. The van der Waals surface area contributed by atoms with Gasteiger partial charge in [-0.1, -0.05) is 29.8 Å². The molecule has 4 rings (SSSR count). The SMILES string of the molecule is O=C(/C=C/c1cnn(-c2ccccc2)c1)Nc1cc(Cl)ccc1N1CCOCC1. The lowest BCUT2D eigenvalue weighted by Crippen LogP contribution is -2.36. The Labute approximate surface area is 174 Å². The number of anilines is 2. The van der Waals surface area contributed by atoms with E-state index in [-0.39, 0.29) is 5.91 Å². The fourth-order valence-corrected chi connectivity index (χ4v) is 3.35. The summed E-state index contributed by atoms with van der Waals surface area (Å²) in [4.78, 5) is 14.7. The van der Waals surface area contributed by atoms with E-state index in [9.17, 15) is 4.79 Å². The zero-order valence-corrected chi connectivity index (χ0v) is 16.5. The number of hydrogen-bond donors (Lipinski definition) is 1. The molecule has 1 aliphatic heterocycles. The second-order valence-corrected chi connectivity index (χ2v) is 7.07. The van der Waals surface area contributed by atoms with Crippen LogP contribution in [0.5, 0.6) is 0 Å². The zero-order chi connectivity index (χ0) is 20.1. The lowest BCUT2D eigenvalue weighted by Gasteiger charge is -2.30. The molecule has 1 fully saturated rings. The third-order valence-corrected chi connectivity index (χ3v) is 4.85. The Morgan fingerprint density at radius 1 is 1.14 bits per heavy atom. The highest BCUT2D eigenvalue weighted by atomic mass is 35.5. The maximum atomic E-state index is 12.5. The van der Waals surface area contributed by atoms with Gasteiger partial charge in [0.05, 0.1) is 36.5 Å². The third kappa shape index (κ3) is 4.85. The Balaban J connectivity index is 1.46. The molecular weight excluding hydrogens is 388 g/mol. The molecule has 0 unspecified atom stereocenters. The molecule has 0 spiro atoms. The van der Waals surface area contributed by atoms with E-state index in [2.05, 4.69) is 15.3 Å². The van der Waals surface area contributed by atoms with Crippen molar-refractivity contribution in [2.24, 2.45) is 0 Å². The van der Waals surface area contributed by atoms with Crippen LogP contribution in [0.25, 0.3) is 11.8 Å². The maximum Gasteiger partial charge on any atom is 0.248 e. The van der Waals surface area contributed by atoms with Crippen molar-refractivity contribution in [2.75, 3.05) is 36.5 Å². The van der Waals surface area contributed by atoms with Gasteiger partial charge in [-0.05, 0) is 36.4 Å². The molecule has 3 aromatic rings. The Kier molecular flexibility index (Phi) is 5.93. The Morgan fingerprint density at radius 2 is 1.93 bits per heavy atom. The summed E-state index contributed by atoms with van der Waals surface area (Å²) < 4.78 is 7.18. The molecule has 1 aliphatic rings. The molecule has 2 heterocycles. The summed E-state index contributed by atoms with van der Waals surface area (Å²) in [6.07, 6.45) is 6.82. The summed E-state index contributed by atoms with van der Waals surface area (Å²) in [6, 6.07) is 15.3. The van der Waals surface area contributed by atoms with E-state index < -0.39 is 0 Å². The normalized spacial score (nSPS) is 14.3. The van der Waals surface area contributed by atoms with Crippen molar-refractivity contribution in [1.82, 2.24) is 9.78 Å². The minimum absolute atomic E-state index is 0.228. The van der Waals surface area contributed by atoms with Gasteiger partial charge in [-0.2, -0.15) is 5.10 Å². The monoisotopic (exact) mass is 408 g/mol. The van der Waals surface area contributed by atoms with Gasteiger partial charge in [0.25, 0.3) is 0 Å². The van der Waals surface area contributed by atoms with Crippen LogP contribution in [0.1, 0.15) is 5.56 Å². The van der Waals surface area contributed by atoms with E-state index in [4.69, 9.17) is 16.3 Å².